The van der Waals surface area contributed by atoms with Crippen LogP contribution in [0.4, 0.5) is 5.69 Å². The largest absolute Gasteiger partial charge is 0.477 e. The van der Waals surface area contributed by atoms with Crippen molar-refractivity contribution < 1.29 is 14.4 Å². The number of nitro benzene ring substituents is 1. The van der Waals surface area contributed by atoms with Gasteiger partial charge < -0.3 is 9.47 Å². The monoisotopic (exact) mass is 260 g/mol. The van der Waals surface area contributed by atoms with Gasteiger partial charge in [-0.05, 0) is 6.07 Å². The molecule has 96 valence electrons. The van der Waals surface area contributed by atoms with E-state index in [2.05, 4.69) is 9.97 Å². The average Bonchev–Trinajstić information content (AvgIpc) is 2.43. The van der Waals surface area contributed by atoms with E-state index >= 15 is 0 Å². The van der Waals surface area contributed by atoms with Gasteiger partial charge in [0.15, 0.2) is 0 Å². The molecule has 0 saturated heterocycles. The number of nitro groups is 1. The van der Waals surface area contributed by atoms with Crippen molar-refractivity contribution in [3.63, 3.8) is 0 Å². The molecule has 0 bridgehead atoms. The third kappa shape index (κ3) is 2.09. The highest BCUT2D eigenvalue weighted by atomic mass is 16.6. The molecule has 0 fully saturated rings. The topological polar surface area (TPSA) is 111 Å². The predicted octanol–water partition coefficient (Wildman–Crippen LogP) is 1.43. The summed E-state index contributed by atoms with van der Waals surface area (Å²) in [6.45, 7) is 0. The Morgan fingerprint density at radius 3 is 2.16 bits per heavy atom. The van der Waals surface area contributed by atoms with Gasteiger partial charge in [0, 0.05) is 6.07 Å². The molecule has 0 N–H and O–H groups in total. The van der Waals surface area contributed by atoms with Crippen molar-refractivity contribution in [2.45, 2.75) is 0 Å². The molecule has 0 amide bonds. The molecule has 8 heteroatoms. The smallest absolute Gasteiger partial charge is 0.289 e. The van der Waals surface area contributed by atoms with Crippen molar-refractivity contribution in [3.8, 4) is 17.8 Å². The Labute approximate surface area is 107 Å². The highest BCUT2D eigenvalue weighted by Gasteiger charge is 2.18. The number of rotatable bonds is 3. The average molecular weight is 260 g/mol. The lowest BCUT2D eigenvalue weighted by Gasteiger charge is -2.06. The summed E-state index contributed by atoms with van der Waals surface area (Å²) in [5.74, 6) is 0.266. The van der Waals surface area contributed by atoms with Gasteiger partial charge in [-0.25, -0.2) is 9.97 Å². The second kappa shape index (κ2) is 4.73. The second-order valence-corrected chi connectivity index (χ2v) is 3.47. The number of hydrogen-bond donors (Lipinski definition) is 0. The van der Waals surface area contributed by atoms with Gasteiger partial charge in [-0.15, -0.1) is 0 Å². The van der Waals surface area contributed by atoms with Crippen LogP contribution in [-0.2, 0) is 0 Å². The number of hydrogen-bond acceptors (Lipinski definition) is 7. The standard InChI is InChI=1S/C11H8N4O4/c1-18-10-11(19-2)14-8-4-9(15(16)17)6(5-12)3-7(8)13-10/h3-4H,1-2H3. The molecule has 0 aliphatic rings. The Morgan fingerprint density at radius 1 is 1.21 bits per heavy atom. The molecule has 1 aromatic carbocycles. The number of fused-ring (bicyclic) bond motifs is 1. The van der Waals surface area contributed by atoms with Crippen molar-refractivity contribution in [1.29, 1.82) is 5.26 Å². The lowest BCUT2D eigenvalue weighted by Crippen LogP contribution is -1.99. The summed E-state index contributed by atoms with van der Waals surface area (Å²) in [4.78, 5) is 18.4. The van der Waals surface area contributed by atoms with Gasteiger partial charge in [0.1, 0.15) is 11.6 Å². The van der Waals surface area contributed by atoms with Crippen molar-refractivity contribution >= 4 is 16.7 Å². The molecule has 0 radical (unpaired) electrons. The molecule has 1 aromatic heterocycles. The molecule has 0 aliphatic carbocycles. The normalized spacial score (nSPS) is 9.95. The first-order chi connectivity index (χ1) is 9.10. The fraction of sp³-hybridized carbons (Fsp3) is 0.182. The molecule has 0 atom stereocenters. The quantitative estimate of drug-likeness (QED) is 0.606. The zero-order chi connectivity index (χ0) is 14.0. The molecule has 1 heterocycles. The second-order valence-electron chi connectivity index (χ2n) is 3.47. The molecule has 0 saturated carbocycles. The van der Waals surface area contributed by atoms with Crippen LogP contribution in [0.2, 0.25) is 0 Å². The number of nitrogens with zero attached hydrogens (tertiary/aromatic N) is 4. The molecule has 0 aliphatic heterocycles. The molecule has 19 heavy (non-hydrogen) atoms. The van der Waals surface area contributed by atoms with E-state index in [-0.39, 0.29) is 28.5 Å². The SMILES string of the molecule is COc1nc2cc(C#N)c([N+](=O)[O-])cc2nc1OC. The minimum Gasteiger partial charge on any atom is -0.477 e. The maximum absolute atomic E-state index is 10.9. The molecular formula is C11H8N4O4. The Morgan fingerprint density at radius 2 is 1.74 bits per heavy atom. The van der Waals surface area contributed by atoms with Crippen LogP contribution in [0.1, 0.15) is 5.56 Å². The van der Waals surface area contributed by atoms with E-state index in [0.29, 0.717) is 5.52 Å². The van der Waals surface area contributed by atoms with E-state index in [9.17, 15) is 10.1 Å². The van der Waals surface area contributed by atoms with Gasteiger partial charge in [0.2, 0.25) is 0 Å². The fourth-order valence-corrected chi connectivity index (χ4v) is 1.57. The summed E-state index contributed by atoms with van der Waals surface area (Å²) in [6.07, 6.45) is 0. The van der Waals surface area contributed by atoms with Crippen LogP contribution in [0.25, 0.3) is 11.0 Å². The summed E-state index contributed by atoms with van der Waals surface area (Å²) in [7, 11) is 2.78. The Balaban J connectivity index is 2.79. The maximum atomic E-state index is 10.9. The van der Waals surface area contributed by atoms with E-state index in [1.807, 2.05) is 0 Å². The fourth-order valence-electron chi connectivity index (χ4n) is 1.57. The van der Waals surface area contributed by atoms with Crippen LogP contribution in [0.3, 0.4) is 0 Å². The van der Waals surface area contributed by atoms with Crippen LogP contribution in [0.5, 0.6) is 11.8 Å². The van der Waals surface area contributed by atoms with Gasteiger partial charge in [-0.3, -0.25) is 10.1 Å². The number of nitriles is 1. The summed E-state index contributed by atoms with van der Waals surface area (Å²) in [6, 6.07) is 4.23. The van der Waals surface area contributed by atoms with Crippen molar-refractivity contribution in [1.82, 2.24) is 9.97 Å². The number of ether oxygens (including phenoxy) is 2. The predicted molar refractivity (Wildman–Crippen MR) is 64.0 cm³/mol. The van der Waals surface area contributed by atoms with Crippen molar-refractivity contribution in [2.24, 2.45) is 0 Å². The first kappa shape index (κ1) is 12.5. The first-order valence-corrected chi connectivity index (χ1v) is 5.09. The van der Waals surface area contributed by atoms with E-state index in [1.165, 1.54) is 26.4 Å². The van der Waals surface area contributed by atoms with Crippen LogP contribution in [0, 0.1) is 21.4 Å². The van der Waals surface area contributed by atoms with Gasteiger partial charge >= 0.3 is 0 Å². The number of benzene rings is 1. The van der Waals surface area contributed by atoms with Crippen molar-refractivity contribution in [2.75, 3.05) is 14.2 Å². The maximum Gasteiger partial charge on any atom is 0.289 e. The molecular weight excluding hydrogens is 252 g/mol. The highest BCUT2D eigenvalue weighted by Crippen LogP contribution is 2.29. The zero-order valence-corrected chi connectivity index (χ0v) is 10.1. The van der Waals surface area contributed by atoms with Crippen LogP contribution >= 0.6 is 0 Å². The zero-order valence-electron chi connectivity index (χ0n) is 10.1. The number of aromatic nitrogens is 2. The highest BCUT2D eigenvalue weighted by molar-refractivity contribution is 5.81. The van der Waals surface area contributed by atoms with Gasteiger partial charge in [-0.2, -0.15) is 5.26 Å². The molecule has 2 rings (SSSR count). The third-order valence-electron chi connectivity index (χ3n) is 2.42. The van der Waals surface area contributed by atoms with E-state index in [0.717, 1.165) is 0 Å². The minimum atomic E-state index is -0.642. The van der Waals surface area contributed by atoms with E-state index in [4.69, 9.17) is 14.7 Å². The van der Waals surface area contributed by atoms with Gasteiger partial charge in [0.05, 0.1) is 30.2 Å². The van der Waals surface area contributed by atoms with Gasteiger partial charge in [-0.1, -0.05) is 0 Å². The first-order valence-electron chi connectivity index (χ1n) is 5.09. The Hall–Kier alpha value is -2.95. The van der Waals surface area contributed by atoms with Gasteiger partial charge in [0.25, 0.3) is 17.4 Å². The molecule has 8 nitrogen and oxygen atoms in total. The number of methoxy groups -OCH3 is 2. The molecule has 2 aromatic rings. The lowest BCUT2D eigenvalue weighted by molar-refractivity contribution is -0.385. The van der Waals surface area contributed by atoms with Crippen LogP contribution in [0.15, 0.2) is 12.1 Å². The lowest BCUT2D eigenvalue weighted by atomic mass is 10.1. The summed E-state index contributed by atoms with van der Waals surface area (Å²) in [5.41, 5.74) is 0.165. The van der Waals surface area contributed by atoms with E-state index in [1.54, 1.807) is 6.07 Å². The minimum absolute atomic E-state index is 0.0842. The Kier molecular flexibility index (Phi) is 3.12. The van der Waals surface area contributed by atoms with Crippen LogP contribution < -0.4 is 9.47 Å². The molecule has 0 unspecified atom stereocenters. The summed E-state index contributed by atoms with van der Waals surface area (Å²) in [5, 5.41) is 19.7. The summed E-state index contributed by atoms with van der Waals surface area (Å²) >= 11 is 0. The van der Waals surface area contributed by atoms with E-state index < -0.39 is 4.92 Å². The molecule has 0 spiro atoms. The van der Waals surface area contributed by atoms with Crippen LogP contribution in [-0.4, -0.2) is 29.1 Å². The Bertz CT molecular complexity index is 708. The summed E-state index contributed by atoms with van der Waals surface area (Å²) < 4.78 is 9.95. The van der Waals surface area contributed by atoms with Crippen molar-refractivity contribution in [3.05, 3.63) is 27.8 Å². The third-order valence-corrected chi connectivity index (χ3v) is 2.42.